The highest BCUT2D eigenvalue weighted by molar-refractivity contribution is 7.90. The third kappa shape index (κ3) is 5.03. The van der Waals surface area contributed by atoms with Crippen LogP contribution >= 0.6 is 11.3 Å². The highest BCUT2D eigenvalue weighted by Crippen LogP contribution is 2.22. The second-order valence-electron chi connectivity index (χ2n) is 6.48. The maximum atomic E-state index is 12.0. The average Bonchev–Trinajstić information content (AvgIpc) is 3.27. The second-order valence-corrected chi connectivity index (χ2v) is 8.97. The van der Waals surface area contributed by atoms with Gasteiger partial charge in [0.15, 0.2) is 5.13 Å². The molecule has 0 unspecified atom stereocenters. The number of carbonyl (C=O) groups is 2. The molecule has 0 bridgehead atoms. The number of thiazole rings is 1. The molecule has 2 heterocycles. The highest BCUT2D eigenvalue weighted by atomic mass is 32.2. The first-order valence-corrected chi connectivity index (χ1v) is 11.7. The number of aliphatic imine (C=N–C) groups is 1. The van der Waals surface area contributed by atoms with Crippen LogP contribution in [0.2, 0.25) is 0 Å². The maximum Gasteiger partial charge on any atom is 0.306 e. The van der Waals surface area contributed by atoms with Crippen LogP contribution in [0.3, 0.4) is 0 Å². The Kier molecular flexibility index (Phi) is 6.83. The Morgan fingerprint density at radius 3 is 2.80 bits per heavy atom. The van der Waals surface area contributed by atoms with Gasteiger partial charge in [-0.25, -0.2) is 13.4 Å². The van der Waals surface area contributed by atoms with E-state index >= 15 is 0 Å². The maximum absolute atomic E-state index is 12.0. The van der Waals surface area contributed by atoms with E-state index in [-0.39, 0.29) is 30.4 Å². The fraction of sp³-hybridized carbons (Fsp3) is 0.368. The van der Waals surface area contributed by atoms with Crippen molar-refractivity contribution in [3.63, 3.8) is 0 Å². The van der Waals surface area contributed by atoms with Gasteiger partial charge in [-0.2, -0.15) is 0 Å². The van der Waals surface area contributed by atoms with E-state index in [2.05, 4.69) is 14.7 Å². The first-order chi connectivity index (χ1) is 14.3. The number of fused-ring (bicyclic) bond motifs is 1. The van der Waals surface area contributed by atoms with E-state index in [9.17, 15) is 18.0 Å². The molecule has 0 fully saturated rings. The van der Waals surface area contributed by atoms with E-state index in [1.54, 1.807) is 28.5 Å². The van der Waals surface area contributed by atoms with Crippen LogP contribution in [-0.4, -0.2) is 44.2 Å². The smallest absolute Gasteiger partial charge is 0.306 e. The highest BCUT2D eigenvalue weighted by Gasteiger charge is 2.29. The summed E-state index contributed by atoms with van der Waals surface area (Å²) in [6.07, 6.45) is 0.569. The first kappa shape index (κ1) is 21.9. The summed E-state index contributed by atoms with van der Waals surface area (Å²) in [4.78, 5) is 33.8. The molecule has 0 saturated carbocycles. The van der Waals surface area contributed by atoms with Gasteiger partial charge >= 0.3 is 5.97 Å². The molecule has 11 heteroatoms. The Bertz CT molecular complexity index is 1080. The van der Waals surface area contributed by atoms with Crippen molar-refractivity contribution >= 4 is 44.2 Å². The molecule has 0 radical (unpaired) electrons. The van der Waals surface area contributed by atoms with E-state index in [1.807, 2.05) is 6.92 Å². The van der Waals surface area contributed by atoms with Crippen LogP contribution in [0.5, 0.6) is 0 Å². The van der Waals surface area contributed by atoms with Gasteiger partial charge in [-0.05, 0) is 25.5 Å². The molecule has 3 rings (SSSR count). The number of amidine groups is 1. The van der Waals surface area contributed by atoms with Crippen LogP contribution in [0.4, 0.5) is 5.13 Å². The molecule has 0 saturated heterocycles. The number of carbonyl (C=O) groups excluding carboxylic acids is 2. The monoisotopic (exact) mass is 450 g/mol. The number of aromatic nitrogens is 1. The largest absolute Gasteiger partial charge is 0.459 e. The number of sulfonamides is 1. The summed E-state index contributed by atoms with van der Waals surface area (Å²) in [6, 6.07) is 6.61. The molecule has 1 N–H and O–H groups in total. The second kappa shape index (κ2) is 9.35. The summed E-state index contributed by atoms with van der Waals surface area (Å²) in [6.45, 7) is 4.17. The number of hydrogen-bond acceptors (Lipinski definition) is 8. The Balaban J connectivity index is 1.46. The van der Waals surface area contributed by atoms with Gasteiger partial charge < -0.3 is 4.74 Å². The van der Waals surface area contributed by atoms with Crippen molar-refractivity contribution in [2.24, 2.45) is 4.99 Å². The minimum Gasteiger partial charge on any atom is -0.459 e. The summed E-state index contributed by atoms with van der Waals surface area (Å²) in [7, 11) is -3.56. The average molecular weight is 451 g/mol. The molecule has 0 atom stereocenters. The normalized spacial score (nSPS) is 15.5. The molecule has 30 heavy (non-hydrogen) atoms. The Labute approximate surface area is 178 Å². The van der Waals surface area contributed by atoms with E-state index in [0.717, 1.165) is 0 Å². The van der Waals surface area contributed by atoms with E-state index < -0.39 is 16.0 Å². The lowest BCUT2D eigenvalue weighted by molar-refractivity contribution is -0.145. The van der Waals surface area contributed by atoms with Crippen molar-refractivity contribution in [3.8, 4) is 0 Å². The number of rotatable bonds is 8. The van der Waals surface area contributed by atoms with E-state index in [1.165, 1.54) is 24.3 Å². The van der Waals surface area contributed by atoms with Gasteiger partial charge in [0.2, 0.25) is 5.91 Å². The van der Waals surface area contributed by atoms with Crippen LogP contribution in [0.1, 0.15) is 37.9 Å². The summed E-state index contributed by atoms with van der Waals surface area (Å²) in [5.41, 5.74) is 1.12. The SMILES string of the molecule is CCN(C(C)=O)c1nc(COC(=O)CCCN=C2NS(=O)(=O)c3ccccc32)cs1. The zero-order chi connectivity index (χ0) is 21.7. The molecule has 0 aliphatic carbocycles. The number of nitrogens with zero attached hydrogens (tertiary/aromatic N) is 3. The molecular formula is C19H22N4O5S2. The predicted molar refractivity (Wildman–Crippen MR) is 113 cm³/mol. The van der Waals surface area contributed by atoms with Crippen molar-refractivity contribution in [1.82, 2.24) is 9.71 Å². The molecule has 1 amide bonds. The van der Waals surface area contributed by atoms with Crippen LogP contribution in [0.25, 0.3) is 0 Å². The summed E-state index contributed by atoms with van der Waals surface area (Å²) >= 11 is 1.32. The number of ether oxygens (including phenoxy) is 1. The van der Waals surface area contributed by atoms with Crippen molar-refractivity contribution in [2.75, 3.05) is 18.0 Å². The Hall–Kier alpha value is -2.79. The van der Waals surface area contributed by atoms with E-state index in [4.69, 9.17) is 4.74 Å². The van der Waals surface area contributed by atoms with Gasteiger partial charge in [-0.1, -0.05) is 12.1 Å². The zero-order valence-electron chi connectivity index (χ0n) is 16.6. The van der Waals surface area contributed by atoms with Gasteiger partial charge in [0.1, 0.15) is 12.4 Å². The molecule has 1 aliphatic rings. The molecule has 0 spiro atoms. The van der Waals surface area contributed by atoms with Gasteiger partial charge in [0, 0.05) is 37.4 Å². The third-order valence-electron chi connectivity index (χ3n) is 4.32. The fourth-order valence-electron chi connectivity index (χ4n) is 2.87. The van der Waals surface area contributed by atoms with Gasteiger partial charge in [0.05, 0.1) is 10.6 Å². The minimum absolute atomic E-state index is 0.0342. The van der Waals surface area contributed by atoms with Crippen LogP contribution in [-0.2, 0) is 31.0 Å². The molecule has 1 aromatic heterocycles. The van der Waals surface area contributed by atoms with Crippen LogP contribution < -0.4 is 9.62 Å². The lowest BCUT2D eigenvalue weighted by Gasteiger charge is -2.14. The van der Waals surface area contributed by atoms with Crippen LogP contribution in [0, 0.1) is 0 Å². The third-order valence-corrected chi connectivity index (χ3v) is 6.63. The van der Waals surface area contributed by atoms with Gasteiger partial charge in [-0.15, -0.1) is 11.3 Å². The van der Waals surface area contributed by atoms with Crippen molar-refractivity contribution < 1.29 is 22.7 Å². The number of nitrogens with one attached hydrogen (secondary N) is 1. The Morgan fingerprint density at radius 1 is 1.30 bits per heavy atom. The number of esters is 1. The van der Waals surface area contributed by atoms with Crippen molar-refractivity contribution in [2.45, 2.75) is 38.2 Å². The van der Waals surface area contributed by atoms with Crippen molar-refractivity contribution in [1.29, 1.82) is 0 Å². The first-order valence-electron chi connectivity index (χ1n) is 9.36. The Morgan fingerprint density at radius 2 is 2.07 bits per heavy atom. The van der Waals surface area contributed by atoms with Gasteiger partial charge in [0.25, 0.3) is 10.0 Å². The summed E-state index contributed by atoms with van der Waals surface area (Å²) in [5, 5.41) is 2.33. The molecule has 2 aromatic rings. The fourth-order valence-corrected chi connectivity index (χ4v) is 5.04. The number of hydrogen-bond donors (Lipinski definition) is 1. The lowest BCUT2D eigenvalue weighted by atomic mass is 10.2. The quantitative estimate of drug-likeness (QED) is 0.486. The van der Waals surface area contributed by atoms with Gasteiger partial charge in [-0.3, -0.25) is 24.2 Å². The van der Waals surface area contributed by atoms with Crippen LogP contribution in [0.15, 0.2) is 39.5 Å². The topological polar surface area (TPSA) is 118 Å². The minimum atomic E-state index is -3.56. The number of amides is 1. The summed E-state index contributed by atoms with van der Waals surface area (Å²) in [5.74, 6) is -0.194. The number of benzene rings is 1. The summed E-state index contributed by atoms with van der Waals surface area (Å²) < 4.78 is 31.7. The lowest BCUT2D eigenvalue weighted by Crippen LogP contribution is -2.27. The predicted octanol–water partition coefficient (Wildman–Crippen LogP) is 2.08. The molecule has 9 nitrogen and oxygen atoms in total. The molecule has 1 aromatic carbocycles. The standard InChI is InChI=1S/C19H22N4O5S2/c1-3-23(13(2)24)19-21-14(12-29-19)11-28-17(25)9-6-10-20-18-15-7-4-5-8-16(15)30(26,27)22-18/h4-5,7-8,12H,3,6,9-11H2,1-2H3,(H,20,22). The van der Waals surface area contributed by atoms with E-state index in [0.29, 0.717) is 35.2 Å². The molecular weight excluding hydrogens is 428 g/mol. The number of anilines is 1. The van der Waals surface area contributed by atoms with Crippen molar-refractivity contribution in [3.05, 3.63) is 40.9 Å². The molecule has 160 valence electrons. The zero-order valence-corrected chi connectivity index (χ0v) is 18.3. The molecule has 1 aliphatic heterocycles.